The number of aromatic nitrogens is 1. The summed E-state index contributed by atoms with van der Waals surface area (Å²) in [5, 5.41) is 5.02. The maximum Gasteiger partial charge on any atom is 0.338 e. The minimum Gasteiger partial charge on any atom is -0.449 e. The fourth-order valence-corrected chi connectivity index (χ4v) is 3.21. The summed E-state index contributed by atoms with van der Waals surface area (Å²) in [6.07, 6.45) is 0.0206. The van der Waals surface area contributed by atoms with Crippen molar-refractivity contribution in [3.05, 3.63) is 65.0 Å². The van der Waals surface area contributed by atoms with Crippen LogP contribution in [0.3, 0.4) is 0 Å². The molecule has 0 spiro atoms. The van der Waals surface area contributed by atoms with Crippen LogP contribution in [0.1, 0.15) is 29.8 Å². The second kappa shape index (κ2) is 8.67. The normalized spacial score (nSPS) is 11.6. The van der Waals surface area contributed by atoms with Crippen LogP contribution in [0.2, 0.25) is 0 Å². The molecule has 0 aliphatic heterocycles. The molecule has 0 saturated heterocycles. The van der Waals surface area contributed by atoms with Crippen molar-refractivity contribution in [2.45, 2.75) is 26.4 Å². The highest BCUT2D eigenvalue weighted by molar-refractivity contribution is 7.14. The number of benzene rings is 2. The number of thiazole rings is 1. The largest absolute Gasteiger partial charge is 0.449 e. The molecule has 144 valence electrons. The van der Waals surface area contributed by atoms with Crippen molar-refractivity contribution < 1.29 is 14.3 Å². The third-order valence-corrected chi connectivity index (χ3v) is 4.95. The van der Waals surface area contributed by atoms with E-state index in [4.69, 9.17) is 10.5 Å². The maximum atomic E-state index is 12.3. The molecule has 0 saturated carbocycles. The predicted molar refractivity (Wildman–Crippen MR) is 111 cm³/mol. The fourth-order valence-electron chi connectivity index (χ4n) is 2.48. The SMILES string of the molecule is CCc1ccc(-c2csc(NC(=O)[C@H](C)OC(=O)c3ccc(N)cc3)n2)cc1. The lowest BCUT2D eigenvalue weighted by atomic mass is 10.1. The van der Waals surface area contributed by atoms with Gasteiger partial charge >= 0.3 is 5.97 Å². The fraction of sp³-hybridized carbons (Fsp3) is 0.190. The number of carbonyl (C=O) groups is 2. The van der Waals surface area contributed by atoms with Crippen molar-refractivity contribution in [2.24, 2.45) is 0 Å². The lowest BCUT2D eigenvalue weighted by Crippen LogP contribution is -2.29. The van der Waals surface area contributed by atoms with Gasteiger partial charge in [0.15, 0.2) is 11.2 Å². The Balaban J connectivity index is 1.60. The molecular weight excluding hydrogens is 374 g/mol. The molecule has 0 bridgehead atoms. The third kappa shape index (κ3) is 4.75. The standard InChI is InChI=1S/C21H21N3O3S/c1-3-14-4-6-15(7-5-14)18-12-28-21(23-18)24-19(25)13(2)27-20(26)16-8-10-17(22)11-9-16/h4-13H,3,22H2,1-2H3,(H,23,24,25)/t13-/m0/s1. The highest BCUT2D eigenvalue weighted by atomic mass is 32.1. The van der Waals surface area contributed by atoms with Crippen LogP contribution in [0.5, 0.6) is 0 Å². The molecule has 0 fully saturated rings. The van der Waals surface area contributed by atoms with Crippen molar-refractivity contribution in [3.63, 3.8) is 0 Å². The van der Waals surface area contributed by atoms with Crippen molar-refractivity contribution in [1.82, 2.24) is 4.98 Å². The van der Waals surface area contributed by atoms with Gasteiger partial charge in [-0.2, -0.15) is 0 Å². The Hall–Kier alpha value is -3.19. The number of carbonyl (C=O) groups excluding carboxylic acids is 2. The van der Waals surface area contributed by atoms with Crippen molar-refractivity contribution in [1.29, 1.82) is 0 Å². The summed E-state index contributed by atoms with van der Waals surface area (Å²) >= 11 is 1.32. The number of nitrogens with one attached hydrogen (secondary N) is 1. The molecule has 0 radical (unpaired) electrons. The van der Waals surface area contributed by atoms with Crippen molar-refractivity contribution >= 4 is 34.0 Å². The van der Waals surface area contributed by atoms with E-state index >= 15 is 0 Å². The number of aryl methyl sites for hydroxylation is 1. The van der Waals surface area contributed by atoms with E-state index in [2.05, 4.69) is 29.4 Å². The Bertz CT molecular complexity index is 965. The number of hydrogen-bond donors (Lipinski definition) is 2. The molecule has 1 heterocycles. The van der Waals surface area contributed by atoms with Crippen LogP contribution in [0.4, 0.5) is 10.8 Å². The van der Waals surface area contributed by atoms with Crippen LogP contribution >= 0.6 is 11.3 Å². The van der Waals surface area contributed by atoms with E-state index in [1.807, 2.05) is 17.5 Å². The number of anilines is 2. The highest BCUT2D eigenvalue weighted by Crippen LogP contribution is 2.25. The number of hydrogen-bond acceptors (Lipinski definition) is 6. The van der Waals surface area contributed by atoms with Gasteiger partial charge in [-0.3, -0.25) is 10.1 Å². The van der Waals surface area contributed by atoms with Gasteiger partial charge < -0.3 is 10.5 Å². The van der Waals surface area contributed by atoms with Crippen LogP contribution in [0.25, 0.3) is 11.3 Å². The van der Waals surface area contributed by atoms with Crippen LogP contribution in [0, 0.1) is 0 Å². The number of nitrogen functional groups attached to an aromatic ring is 1. The molecule has 6 nitrogen and oxygen atoms in total. The molecule has 1 aromatic heterocycles. The average Bonchev–Trinajstić information content (AvgIpc) is 3.17. The van der Waals surface area contributed by atoms with Gasteiger partial charge in [-0.05, 0) is 43.2 Å². The van der Waals surface area contributed by atoms with Gasteiger partial charge in [-0.15, -0.1) is 11.3 Å². The van der Waals surface area contributed by atoms with Crippen LogP contribution < -0.4 is 11.1 Å². The summed E-state index contributed by atoms with van der Waals surface area (Å²) in [6.45, 7) is 3.62. The number of esters is 1. The molecule has 0 aliphatic rings. The Kier molecular flexibility index (Phi) is 6.06. The van der Waals surface area contributed by atoms with Crippen LogP contribution in [-0.4, -0.2) is 23.0 Å². The number of amides is 1. The third-order valence-electron chi connectivity index (χ3n) is 4.19. The number of ether oxygens (including phenoxy) is 1. The summed E-state index contributed by atoms with van der Waals surface area (Å²) in [7, 11) is 0. The Labute approximate surface area is 167 Å². The first-order chi connectivity index (χ1) is 13.5. The first-order valence-electron chi connectivity index (χ1n) is 8.88. The van der Waals surface area contributed by atoms with E-state index in [1.165, 1.54) is 23.8 Å². The average molecular weight is 395 g/mol. The van der Waals surface area contributed by atoms with Crippen molar-refractivity contribution in [3.8, 4) is 11.3 Å². The Morgan fingerprint density at radius 3 is 2.46 bits per heavy atom. The zero-order valence-corrected chi connectivity index (χ0v) is 16.5. The number of nitrogens with two attached hydrogens (primary N) is 1. The molecule has 28 heavy (non-hydrogen) atoms. The van der Waals surface area contributed by atoms with Gasteiger partial charge in [0.1, 0.15) is 0 Å². The van der Waals surface area contributed by atoms with E-state index < -0.39 is 18.0 Å². The molecule has 3 N–H and O–H groups in total. The van der Waals surface area contributed by atoms with Gasteiger partial charge in [0.25, 0.3) is 5.91 Å². The maximum absolute atomic E-state index is 12.3. The molecule has 3 aromatic rings. The summed E-state index contributed by atoms with van der Waals surface area (Å²) in [6, 6.07) is 14.5. The van der Waals surface area contributed by atoms with Gasteiger partial charge in [0.05, 0.1) is 11.3 Å². The zero-order valence-electron chi connectivity index (χ0n) is 15.6. The van der Waals surface area contributed by atoms with Crippen LogP contribution in [0.15, 0.2) is 53.9 Å². The number of nitrogens with zero attached hydrogens (tertiary/aromatic N) is 1. The first-order valence-corrected chi connectivity index (χ1v) is 9.76. The topological polar surface area (TPSA) is 94.3 Å². The van der Waals surface area contributed by atoms with E-state index in [-0.39, 0.29) is 0 Å². The second-order valence-electron chi connectivity index (χ2n) is 6.25. The van der Waals surface area contributed by atoms with Gasteiger partial charge in [0.2, 0.25) is 0 Å². The smallest absolute Gasteiger partial charge is 0.338 e. The number of rotatable bonds is 6. The van der Waals surface area contributed by atoms with Gasteiger partial charge in [-0.1, -0.05) is 31.2 Å². The van der Waals surface area contributed by atoms with E-state index in [1.54, 1.807) is 24.3 Å². The molecule has 0 unspecified atom stereocenters. The van der Waals surface area contributed by atoms with E-state index in [0.717, 1.165) is 17.7 Å². The molecular formula is C21H21N3O3S. The summed E-state index contributed by atoms with van der Waals surface area (Å²) < 4.78 is 5.21. The Morgan fingerprint density at radius 1 is 1.14 bits per heavy atom. The summed E-state index contributed by atoms with van der Waals surface area (Å²) in [4.78, 5) is 28.9. The minimum atomic E-state index is -0.957. The monoisotopic (exact) mass is 395 g/mol. The first kappa shape index (κ1) is 19.6. The molecule has 1 amide bonds. The minimum absolute atomic E-state index is 0.334. The lowest BCUT2D eigenvalue weighted by Gasteiger charge is -2.12. The molecule has 7 heteroatoms. The van der Waals surface area contributed by atoms with E-state index in [0.29, 0.717) is 16.4 Å². The quantitative estimate of drug-likeness (QED) is 0.483. The molecule has 2 aromatic carbocycles. The molecule has 0 aliphatic carbocycles. The summed E-state index contributed by atoms with van der Waals surface area (Å²) in [5.41, 5.74) is 9.50. The van der Waals surface area contributed by atoms with Crippen molar-refractivity contribution in [2.75, 3.05) is 11.1 Å². The zero-order chi connectivity index (χ0) is 20.1. The van der Waals surface area contributed by atoms with Gasteiger partial charge in [-0.25, -0.2) is 9.78 Å². The predicted octanol–water partition coefficient (Wildman–Crippen LogP) is 4.14. The van der Waals surface area contributed by atoms with Crippen LogP contribution in [-0.2, 0) is 16.0 Å². The Morgan fingerprint density at radius 2 is 1.82 bits per heavy atom. The summed E-state index contributed by atoms with van der Waals surface area (Å²) in [5.74, 6) is -1.02. The lowest BCUT2D eigenvalue weighted by molar-refractivity contribution is -0.123. The second-order valence-corrected chi connectivity index (χ2v) is 7.11. The molecule has 3 rings (SSSR count). The van der Waals surface area contributed by atoms with Gasteiger partial charge in [0, 0.05) is 16.6 Å². The van der Waals surface area contributed by atoms with E-state index in [9.17, 15) is 9.59 Å². The highest BCUT2D eigenvalue weighted by Gasteiger charge is 2.20. The molecule has 1 atom stereocenters.